The number of carbonyl (C=O) groups is 1. The zero-order valence-electron chi connectivity index (χ0n) is 12.7. The molecule has 1 spiro atoms. The van der Waals surface area contributed by atoms with Gasteiger partial charge in [0.15, 0.2) is 11.5 Å². The van der Waals surface area contributed by atoms with Crippen molar-refractivity contribution in [3.8, 4) is 0 Å². The van der Waals surface area contributed by atoms with Gasteiger partial charge in [-0.05, 0) is 31.7 Å². The number of amides is 1. The Bertz CT molecular complexity index is 502. The molecular weight excluding hydrogens is 270 g/mol. The van der Waals surface area contributed by atoms with E-state index in [1.807, 2.05) is 6.92 Å². The highest BCUT2D eigenvalue weighted by Gasteiger charge is 2.43. The fourth-order valence-electron chi connectivity index (χ4n) is 3.07. The van der Waals surface area contributed by atoms with Crippen molar-refractivity contribution >= 4 is 5.91 Å². The summed E-state index contributed by atoms with van der Waals surface area (Å²) in [6, 6.07) is 1.78. The van der Waals surface area contributed by atoms with E-state index >= 15 is 0 Å². The highest BCUT2D eigenvalue weighted by molar-refractivity contribution is 5.92. The van der Waals surface area contributed by atoms with E-state index in [0.717, 1.165) is 37.2 Å². The second kappa shape index (κ2) is 5.81. The third-order valence-electron chi connectivity index (χ3n) is 4.51. The van der Waals surface area contributed by atoms with E-state index in [4.69, 9.17) is 13.9 Å². The first-order chi connectivity index (χ1) is 10.1. The molecule has 2 aliphatic rings. The molecule has 1 N–H and O–H groups in total. The van der Waals surface area contributed by atoms with Crippen molar-refractivity contribution in [1.29, 1.82) is 0 Å². The number of ether oxygens (including phenoxy) is 2. The van der Waals surface area contributed by atoms with Crippen LogP contribution in [0.3, 0.4) is 0 Å². The number of carbonyl (C=O) groups excluding carboxylic acids is 1. The molecule has 5 nitrogen and oxygen atoms in total. The molecule has 1 atom stereocenters. The van der Waals surface area contributed by atoms with Gasteiger partial charge in [-0.15, -0.1) is 0 Å². The van der Waals surface area contributed by atoms with Gasteiger partial charge in [-0.2, -0.15) is 0 Å². The summed E-state index contributed by atoms with van der Waals surface area (Å²) in [6.07, 6.45) is 5.65. The van der Waals surface area contributed by atoms with Crippen LogP contribution in [0.5, 0.6) is 0 Å². The van der Waals surface area contributed by atoms with Gasteiger partial charge in [-0.1, -0.05) is 6.92 Å². The second-order valence-corrected chi connectivity index (χ2v) is 6.29. The molecule has 0 aromatic carbocycles. The standard InChI is InChI=1S/C16H23NO4/c1-11-3-6-16(7-4-11)20-10-13(21-16)9-17-15(18)14-12(2)5-8-19-14/h5,8,11,13H,3-4,6-7,9-10H2,1-2H3,(H,17,18). The number of aryl methyl sites for hydroxylation is 1. The largest absolute Gasteiger partial charge is 0.459 e. The molecular formula is C16H23NO4. The molecule has 0 bridgehead atoms. The Morgan fingerprint density at radius 3 is 2.86 bits per heavy atom. The number of nitrogens with one attached hydrogen (secondary N) is 1. The Labute approximate surface area is 125 Å². The summed E-state index contributed by atoms with van der Waals surface area (Å²) in [5.74, 6) is 0.528. The van der Waals surface area contributed by atoms with Gasteiger partial charge in [0, 0.05) is 24.9 Å². The minimum absolute atomic E-state index is 0.0716. The fraction of sp³-hybridized carbons (Fsp3) is 0.688. The molecule has 0 radical (unpaired) electrons. The summed E-state index contributed by atoms with van der Waals surface area (Å²) in [6.45, 7) is 5.12. The van der Waals surface area contributed by atoms with Crippen LogP contribution >= 0.6 is 0 Å². The summed E-state index contributed by atoms with van der Waals surface area (Å²) < 4.78 is 17.1. The molecule has 1 saturated heterocycles. The second-order valence-electron chi connectivity index (χ2n) is 6.29. The molecule has 1 unspecified atom stereocenters. The van der Waals surface area contributed by atoms with Crippen LogP contribution < -0.4 is 5.32 Å². The average Bonchev–Trinajstić information content (AvgIpc) is 3.07. The monoisotopic (exact) mass is 293 g/mol. The Morgan fingerprint density at radius 1 is 1.43 bits per heavy atom. The van der Waals surface area contributed by atoms with E-state index in [-0.39, 0.29) is 12.0 Å². The number of hydrogen-bond donors (Lipinski definition) is 1. The first-order valence-corrected chi connectivity index (χ1v) is 7.72. The topological polar surface area (TPSA) is 60.7 Å². The smallest absolute Gasteiger partial charge is 0.287 e. The number of furan rings is 1. The third-order valence-corrected chi connectivity index (χ3v) is 4.51. The predicted molar refractivity (Wildman–Crippen MR) is 77.0 cm³/mol. The van der Waals surface area contributed by atoms with Crippen LogP contribution in [-0.2, 0) is 9.47 Å². The van der Waals surface area contributed by atoms with Gasteiger partial charge in [-0.3, -0.25) is 4.79 Å². The van der Waals surface area contributed by atoms with Crippen LogP contribution in [-0.4, -0.2) is 30.9 Å². The van der Waals surface area contributed by atoms with Gasteiger partial charge in [-0.25, -0.2) is 0 Å². The van der Waals surface area contributed by atoms with Gasteiger partial charge >= 0.3 is 0 Å². The van der Waals surface area contributed by atoms with Crippen LogP contribution in [0.2, 0.25) is 0 Å². The minimum Gasteiger partial charge on any atom is -0.459 e. The zero-order chi connectivity index (χ0) is 14.9. The molecule has 1 aromatic heterocycles. The molecule has 21 heavy (non-hydrogen) atoms. The highest BCUT2D eigenvalue weighted by atomic mass is 16.7. The normalized spacial score (nSPS) is 32.5. The minimum atomic E-state index is -0.400. The molecule has 1 aromatic rings. The Balaban J connectivity index is 1.49. The van der Waals surface area contributed by atoms with E-state index in [1.165, 1.54) is 6.26 Å². The molecule has 5 heteroatoms. The van der Waals surface area contributed by atoms with Crippen molar-refractivity contribution in [3.05, 3.63) is 23.7 Å². The molecule has 1 aliphatic heterocycles. The van der Waals surface area contributed by atoms with Gasteiger partial charge in [0.2, 0.25) is 0 Å². The van der Waals surface area contributed by atoms with E-state index in [9.17, 15) is 4.79 Å². The van der Waals surface area contributed by atoms with Crippen molar-refractivity contribution in [2.75, 3.05) is 13.2 Å². The van der Waals surface area contributed by atoms with Crippen molar-refractivity contribution in [2.45, 2.75) is 51.4 Å². The van der Waals surface area contributed by atoms with Crippen LogP contribution in [0.25, 0.3) is 0 Å². The summed E-state index contributed by atoms with van der Waals surface area (Å²) >= 11 is 0. The molecule has 116 valence electrons. The average molecular weight is 293 g/mol. The maximum atomic E-state index is 12.0. The zero-order valence-corrected chi connectivity index (χ0v) is 12.7. The lowest BCUT2D eigenvalue weighted by molar-refractivity contribution is -0.191. The quantitative estimate of drug-likeness (QED) is 0.930. The SMILES string of the molecule is Cc1ccoc1C(=O)NCC1COC2(CCC(C)CC2)O1. The van der Waals surface area contributed by atoms with Crippen LogP contribution in [0.4, 0.5) is 0 Å². The Morgan fingerprint density at radius 2 is 2.19 bits per heavy atom. The van der Waals surface area contributed by atoms with Gasteiger partial charge in [0.1, 0.15) is 6.10 Å². The van der Waals surface area contributed by atoms with Crippen molar-refractivity contribution in [3.63, 3.8) is 0 Å². The van der Waals surface area contributed by atoms with Gasteiger partial charge in [0.05, 0.1) is 12.9 Å². The fourth-order valence-corrected chi connectivity index (χ4v) is 3.07. The van der Waals surface area contributed by atoms with Gasteiger partial charge in [0.25, 0.3) is 5.91 Å². The molecule has 3 rings (SSSR count). The van der Waals surface area contributed by atoms with Crippen LogP contribution in [0.1, 0.15) is 48.7 Å². The van der Waals surface area contributed by atoms with Crippen molar-refractivity contribution in [2.24, 2.45) is 5.92 Å². The molecule has 2 heterocycles. The van der Waals surface area contributed by atoms with Gasteiger partial charge < -0.3 is 19.2 Å². The first kappa shape index (κ1) is 14.6. The summed E-state index contributed by atoms with van der Waals surface area (Å²) in [7, 11) is 0. The lowest BCUT2D eigenvalue weighted by Gasteiger charge is -2.34. The van der Waals surface area contributed by atoms with E-state index < -0.39 is 5.79 Å². The highest BCUT2D eigenvalue weighted by Crippen LogP contribution is 2.39. The van der Waals surface area contributed by atoms with Crippen molar-refractivity contribution in [1.82, 2.24) is 5.32 Å². The maximum absolute atomic E-state index is 12.0. The molecule has 2 fully saturated rings. The summed E-state index contributed by atoms with van der Waals surface area (Å²) in [5.41, 5.74) is 0.842. The number of rotatable bonds is 3. The first-order valence-electron chi connectivity index (χ1n) is 7.72. The third kappa shape index (κ3) is 3.14. The van der Waals surface area contributed by atoms with Crippen molar-refractivity contribution < 1.29 is 18.7 Å². The maximum Gasteiger partial charge on any atom is 0.287 e. The van der Waals surface area contributed by atoms with E-state index in [0.29, 0.717) is 18.9 Å². The molecule has 1 saturated carbocycles. The van der Waals surface area contributed by atoms with E-state index in [2.05, 4.69) is 12.2 Å². The Hall–Kier alpha value is -1.33. The molecule has 1 aliphatic carbocycles. The van der Waals surface area contributed by atoms with E-state index in [1.54, 1.807) is 6.07 Å². The van der Waals surface area contributed by atoms with Crippen LogP contribution in [0.15, 0.2) is 16.7 Å². The number of hydrogen-bond acceptors (Lipinski definition) is 4. The predicted octanol–water partition coefficient (Wildman–Crippen LogP) is 2.64. The van der Waals surface area contributed by atoms with Crippen LogP contribution in [0, 0.1) is 12.8 Å². The summed E-state index contributed by atoms with van der Waals surface area (Å²) in [4.78, 5) is 12.0. The Kier molecular flexibility index (Phi) is 4.04. The lowest BCUT2D eigenvalue weighted by atomic mass is 9.86. The molecule has 1 amide bonds. The lowest BCUT2D eigenvalue weighted by Crippen LogP contribution is -2.38. The summed E-state index contributed by atoms with van der Waals surface area (Å²) in [5, 5.41) is 2.86.